The predicted molar refractivity (Wildman–Crippen MR) is 93.3 cm³/mol. The van der Waals surface area contributed by atoms with Crippen LogP contribution in [-0.4, -0.2) is 33.4 Å². The van der Waals surface area contributed by atoms with Crippen LogP contribution in [0.15, 0.2) is 39.9 Å². The van der Waals surface area contributed by atoms with E-state index in [9.17, 15) is 18.0 Å². The highest BCUT2D eigenvalue weighted by molar-refractivity contribution is 7.91. The van der Waals surface area contributed by atoms with Crippen LogP contribution in [0.4, 0.5) is 11.4 Å². The molecule has 1 aliphatic heterocycles. The van der Waals surface area contributed by atoms with E-state index in [1.165, 1.54) is 6.07 Å². The van der Waals surface area contributed by atoms with Gasteiger partial charge in [-0.3, -0.25) is 9.59 Å². The lowest BCUT2D eigenvalue weighted by Crippen LogP contribution is -2.27. The molecule has 0 saturated heterocycles. The summed E-state index contributed by atoms with van der Waals surface area (Å²) < 4.78 is 31.7. The average Bonchev–Trinajstić information content (AvgIpc) is 3.09. The van der Waals surface area contributed by atoms with E-state index in [-0.39, 0.29) is 35.6 Å². The number of sulfonamides is 1. The van der Waals surface area contributed by atoms with E-state index < -0.39 is 10.0 Å². The van der Waals surface area contributed by atoms with E-state index in [2.05, 4.69) is 15.4 Å². The number of amides is 2. The largest absolute Gasteiger partial charge is 0.482 e. The van der Waals surface area contributed by atoms with E-state index in [1.54, 1.807) is 29.6 Å². The lowest BCUT2D eigenvalue weighted by Gasteiger charge is -2.18. The van der Waals surface area contributed by atoms with Crippen LogP contribution in [0.1, 0.15) is 6.42 Å². The van der Waals surface area contributed by atoms with Gasteiger partial charge in [0, 0.05) is 18.7 Å². The maximum atomic E-state index is 12.0. The first kappa shape index (κ1) is 17.4. The van der Waals surface area contributed by atoms with Gasteiger partial charge in [-0.05, 0) is 29.6 Å². The third-order valence-electron chi connectivity index (χ3n) is 3.30. The minimum Gasteiger partial charge on any atom is -0.482 e. The monoisotopic (exact) mass is 381 g/mol. The smallest absolute Gasteiger partial charge is 0.262 e. The Bertz CT molecular complexity index is 894. The molecular formula is C15H15N3O5S2. The van der Waals surface area contributed by atoms with Gasteiger partial charge in [-0.1, -0.05) is 6.07 Å². The van der Waals surface area contributed by atoms with Crippen molar-refractivity contribution in [3.05, 3.63) is 35.7 Å². The van der Waals surface area contributed by atoms with Crippen LogP contribution in [0.3, 0.4) is 0 Å². The first-order valence-electron chi connectivity index (χ1n) is 7.34. The highest BCUT2D eigenvalue weighted by Crippen LogP contribution is 2.30. The topological polar surface area (TPSA) is 114 Å². The molecule has 25 heavy (non-hydrogen) atoms. The van der Waals surface area contributed by atoms with Crippen molar-refractivity contribution in [3.8, 4) is 5.75 Å². The molecule has 0 spiro atoms. The van der Waals surface area contributed by atoms with Crippen LogP contribution in [0.25, 0.3) is 0 Å². The molecule has 3 rings (SSSR count). The Kier molecular flexibility index (Phi) is 5.02. The van der Waals surface area contributed by atoms with Gasteiger partial charge in [0.2, 0.25) is 15.9 Å². The molecule has 0 unspecified atom stereocenters. The molecule has 1 aromatic carbocycles. The number of rotatable bonds is 6. The number of carbonyl (C=O) groups is 2. The van der Waals surface area contributed by atoms with Gasteiger partial charge in [0.25, 0.3) is 5.91 Å². The van der Waals surface area contributed by atoms with Crippen molar-refractivity contribution in [1.82, 2.24) is 4.72 Å². The third kappa shape index (κ3) is 4.35. The Labute approximate surface area is 148 Å². The molecular weight excluding hydrogens is 366 g/mol. The van der Waals surface area contributed by atoms with Crippen molar-refractivity contribution in [3.63, 3.8) is 0 Å². The van der Waals surface area contributed by atoms with Crippen LogP contribution < -0.4 is 20.1 Å². The van der Waals surface area contributed by atoms with Gasteiger partial charge in [0.1, 0.15) is 9.96 Å². The summed E-state index contributed by atoms with van der Waals surface area (Å²) in [4.78, 5) is 23.3. The number of benzene rings is 1. The van der Waals surface area contributed by atoms with Crippen molar-refractivity contribution in [2.75, 3.05) is 23.8 Å². The molecule has 2 amide bonds. The molecule has 0 fully saturated rings. The van der Waals surface area contributed by atoms with Gasteiger partial charge in [-0.15, -0.1) is 11.3 Å². The quantitative estimate of drug-likeness (QED) is 0.700. The molecule has 0 atom stereocenters. The number of anilines is 2. The van der Waals surface area contributed by atoms with E-state index in [1.807, 2.05) is 0 Å². The molecule has 0 saturated carbocycles. The van der Waals surface area contributed by atoms with Gasteiger partial charge in [-0.25, -0.2) is 13.1 Å². The van der Waals surface area contributed by atoms with E-state index >= 15 is 0 Å². The number of thiophene rings is 1. The predicted octanol–water partition coefficient (Wildman–Crippen LogP) is 1.39. The SMILES string of the molecule is O=C(CCNS(=O)(=O)c1cccs1)Nc1ccc2c(c1)NC(=O)CO2. The van der Waals surface area contributed by atoms with Crippen molar-refractivity contribution in [2.45, 2.75) is 10.6 Å². The molecule has 1 aromatic heterocycles. The zero-order valence-corrected chi connectivity index (χ0v) is 14.6. The fraction of sp³-hybridized carbons (Fsp3) is 0.200. The summed E-state index contributed by atoms with van der Waals surface area (Å²) in [6.07, 6.45) is -0.0233. The van der Waals surface area contributed by atoms with Crippen molar-refractivity contribution in [2.24, 2.45) is 0 Å². The summed E-state index contributed by atoms with van der Waals surface area (Å²) in [6, 6.07) is 8.01. The molecule has 0 radical (unpaired) electrons. The summed E-state index contributed by atoms with van der Waals surface area (Å²) in [7, 11) is -3.58. The summed E-state index contributed by atoms with van der Waals surface area (Å²) in [6.45, 7) is -0.0556. The Balaban J connectivity index is 1.53. The number of hydrogen-bond donors (Lipinski definition) is 3. The number of hydrogen-bond acceptors (Lipinski definition) is 6. The summed E-state index contributed by atoms with van der Waals surface area (Å²) >= 11 is 1.11. The Morgan fingerprint density at radius 1 is 1.32 bits per heavy atom. The number of ether oxygens (including phenoxy) is 1. The van der Waals surface area contributed by atoms with E-state index in [0.717, 1.165) is 11.3 Å². The summed E-state index contributed by atoms with van der Waals surface area (Å²) in [5.41, 5.74) is 0.961. The minimum absolute atomic E-state index is 0.0170. The maximum absolute atomic E-state index is 12.0. The van der Waals surface area contributed by atoms with Gasteiger partial charge >= 0.3 is 0 Å². The fourth-order valence-electron chi connectivity index (χ4n) is 2.17. The molecule has 2 aromatic rings. The van der Waals surface area contributed by atoms with Gasteiger partial charge < -0.3 is 15.4 Å². The highest BCUT2D eigenvalue weighted by atomic mass is 32.2. The van der Waals surface area contributed by atoms with E-state index in [0.29, 0.717) is 17.1 Å². The van der Waals surface area contributed by atoms with Crippen LogP contribution in [0.5, 0.6) is 5.75 Å². The lowest BCUT2D eigenvalue weighted by molar-refractivity contribution is -0.118. The van der Waals surface area contributed by atoms with E-state index in [4.69, 9.17) is 4.74 Å². The Morgan fingerprint density at radius 2 is 2.16 bits per heavy atom. The summed E-state index contributed by atoms with van der Waals surface area (Å²) in [5.74, 6) is -0.0860. The summed E-state index contributed by atoms with van der Waals surface area (Å²) in [5, 5.41) is 6.96. The lowest BCUT2D eigenvalue weighted by atomic mass is 10.2. The van der Waals surface area contributed by atoms with Crippen LogP contribution in [0.2, 0.25) is 0 Å². The third-order valence-corrected chi connectivity index (χ3v) is 6.16. The maximum Gasteiger partial charge on any atom is 0.262 e. The zero-order chi connectivity index (χ0) is 17.9. The van der Waals surface area contributed by atoms with Crippen LogP contribution >= 0.6 is 11.3 Å². The van der Waals surface area contributed by atoms with Crippen LogP contribution in [0, 0.1) is 0 Å². The van der Waals surface area contributed by atoms with Crippen molar-refractivity contribution < 1.29 is 22.7 Å². The Hall–Kier alpha value is -2.43. The first-order chi connectivity index (χ1) is 11.9. The molecule has 8 nitrogen and oxygen atoms in total. The molecule has 1 aliphatic rings. The van der Waals surface area contributed by atoms with Gasteiger partial charge in [0.05, 0.1) is 5.69 Å². The van der Waals surface area contributed by atoms with Crippen molar-refractivity contribution >= 4 is 44.5 Å². The molecule has 0 bridgehead atoms. The standard InChI is InChI=1S/C15H15N3O5S2/c19-13(5-6-16-25(21,22)15-2-1-7-24-15)17-10-3-4-12-11(8-10)18-14(20)9-23-12/h1-4,7-8,16H,5-6,9H2,(H,17,19)(H,18,20). The number of fused-ring (bicyclic) bond motifs is 1. The zero-order valence-electron chi connectivity index (χ0n) is 12.9. The second-order valence-electron chi connectivity index (χ2n) is 5.18. The molecule has 3 N–H and O–H groups in total. The first-order valence-corrected chi connectivity index (χ1v) is 9.70. The Morgan fingerprint density at radius 3 is 2.92 bits per heavy atom. The second-order valence-corrected chi connectivity index (χ2v) is 8.12. The average molecular weight is 381 g/mol. The highest BCUT2D eigenvalue weighted by Gasteiger charge is 2.17. The molecule has 132 valence electrons. The van der Waals surface area contributed by atoms with Gasteiger partial charge in [-0.2, -0.15) is 0 Å². The minimum atomic E-state index is -3.58. The van der Waals surface area contributed by atoms with Gasteiger partial charge in [0.15, 0.2) is 6.61 Å². The van der Waals surface area contributed by atoms with Crippen molar-refractivity contribution in [1.29, 1.82) is 0 Å². The molecule has 2 heterocycles. The number of nitrogens with one attached hydrogen (secondary N) is 3. The normalized spacial score (nSPS) is 13.5. The number of carbonyl (C=O) groups excluding carboxylic acids is 2. The molecule has 10 heteroatoms. The molecule has 0 aliphatic carbocycles. The van der Waals surface area contributed by atoms with Crippen LogP contribution in [-0.2, 0) is 19.6 Å². The fourth-order valence-corrected chi connectivity index (χ4v) is 4.24. The second kappa shape index (κ2) is 7.21.